The number of nitrogens with zero attached hydrogens (tertiary/aromatic N) is 1. The fourth-order valence-corrected chi connectivity index (χ4v) is 2.27. The second-order valence-corrected chi connectivity index (χ2v) is 4.13. The molecule has 0 amide bonds. The number of esters is 1. The van der Waals surface area contributed by atoms with Crippen molar-refractivity contribution in [1.82, 2.24) is 5.32 Å². The van der Waals surface area contributed by atoms with E-state index in [0.29, 0.717) is 12.1 Å². The molecule has 1 aliphatic heterocycles. The standard InChI is InChI=1S/C13H14N2O2/c1-17-13(16)12-8-15-7-11(12)10-4-2-3-9(5-10)6-14/h2-5,11-12,15H,7-8H2,1H3/t11-,12+/m1/s1. The molecule has 0 bridgehead atoms. The molecule has 1 aromatic rings. The summed E-state index contributed by atoms with van der Waals surface area (Å²) in [5, 5.41) is 12.1. The van der Waals surface area contributed by atoms with E-state index in [2.05, 4.69) is 11.4 Å². The first-order valence-corrected chi connectivity index (χ1v) is 5.55. The molecule has 4 heteroatoms. The number of carbonyl (C=O) groups excluding carboxylic acids is 1. The predicted octanol–water partition coefficient (Wildman–Crippen LogP) is 1.03. The zero-order chi connectivity index (χ0) is 12.3. The highest BCUT2D eigenvalue weighted by atomic mass is 16.5. The third-order valence-electron chi connectivity index (χ3n) is 3.16. The minimum atomic E-state index is -0.192. The third-order valence-corrected chi connectivity index (χ3v) is 3.16. The SMILES string of the molecule is COC(=O)[C@H]1CNC[C@@H]1c1cccc(C#N)c1. The zero-order valence-corrected chi connectivity index (χ0v) is 9.64. The Morgan fingerprint density at radius 1 is 1.53 bits per heavy atom. The number of nitriles is 1. The molecule has 4 nitrogen and oxygen atoms in total. The lowest BCUT2D eigenvalue weighted by Gasteiger charge is -2.16. The van der Waals surface area contributed by atoms with Crippen LogP contribution in [0.1, 0.15) is 17.0 Å². The number of ether oxygens (including phenoxy) is 1. The minimum absolute atomic E-state index is 0.0933. The second-order valence-electron chi connectivity index (χ2n) is 4.13. The van der Waals surface area contributed by atoms with Gasteiger partial charge < -0.3 is 10.1 Å². The average molecular weight is 230 g/mol. The lowest BCUT2D eigenvalue weighted by molar-refractivity contribution is -0.145. The summed E-state index contributed by atoms with van der Waals surface area (Å²) in [6.45, 7) is 1.38. The van der Waals surface area contributed by atoms with Crippen LogP contribution >= 0.6 is 0 Å². The summed E-state index contributed by atoms with van der Waals surface area (Å²) < 4.78 is 4.80. The van der Waals surface area contributed by atoms with E-state index in [4.69, 9.17) is 10.00 Å². The Morgan fingerprint density at radius 3 is 3.06 bits per heavy atom. The van der Waals surface area contributed by atoms with E-state index in [1.54, 1.807) is 6.07 Å². The molecule has 88 valence electrons. The van der Waals surface area contributed by atoms with Crippen LogP contribution in [0.4, 0.5) is 0 Å². The maximum Gasteiger partial charge on any atom is 0.310 e. The number of carbonyl (C=O) groups is 1. The number of rotatable bonds is 2. The summed E-state index contributed by atoms with van der Waals surface area (Å²) in [7, 11) is 1.41. The van der Waals surface area contributed by atoms with Crippen LogP contribution in [0.5, 0.6) is 0 Å². The van der Waals surface area contributed by atoms with Gasteiger partial charge in [0.2, 0.25) is 0 Å². The molecular formula is C13H14N2O2. The topological polar surface area (TPSA) is 62.1 Å². The first kappa shape index (κ1) is 11.6. The molecule has 2 rings (SSSR count). The van der Waals surface area contributed by atoms with Crippen molar-refractivity contribution in [2.45, 2.75) is 5.92 Å². The van der Waals surface area contributed by atoms with Crippen LogP contribution in [0.3, 0.4) is 0 Å². The fraction of sp³-hybridized carbons (Fsp3) is 0.385. The molecule has 0 saturated carbocycles. The van der Waals surface area contributed by atoms with Crippen molar-refractivity contribution in [1.29, 1.82) is 5.26 Å². The molecule has 0 spiro atoms. The van der Waals surface area contributed by atoms with Crippen molar-refractivity contribution < 1.29 is 9.53 Å². The van der Waals surface area contributed by atoms with E-state index in [0.717, 1.165) is 12.1 Å². The minimum Gasteiger partial charge on any atom is -0.469 e. The van der Waals surface area contributed by atoms with Gasteiger partial charge in [-0.05, 0) is 17.7 Å². The number of hydrogen-bond acceptors (Lipinski definition) is 4. The Morgan fingerprint density at radius 2 is 2.35 bits per heavy atom. The smallest absolute Gasteiger partial charge is 0.310 e. The molecule has 1 aliphatic rings. The maximum atomic E-state index is 11.6. The molecule has 1 N–H and O–H groups in total. The van der Waals surface area contributed by atoms with Crippen molar-refractivity contribution in [3.63, 3.8) is 0 Å². The van der Waals surface area contributed by atoms with Crippen LogP contribution < -0.4 is 5.32 Å². The quantitative estimate of drug-likeness (QED) is 0.771. The van der Waals surface area contributed by atoms with Gasteiger partial charge in [0.25, 0.3) is 0 Å². The van der Waals surface area contributed by atoms with Crippen LogP contribution in [0.15, 0.2) is 24.3 Å². The van der Waals surface area contributed by atoms with Gasteiger partial charge in [-0.2, -0.15) is 5.26 Å². The zero-order valence-electron chi connectivity index (χ0n) is 9.64. The van der Waals surface area contributed by atoms with E-state index in [1.165, 1.54) is 7.11 Å². The van der Waals surface area contributed by atoms with Gasteiger partial charge in [-0.1, -0.05) is 12.1 Å². The Balaban J connectivity index is 2.26. The number of nitrogens with one attached hydrogen (secondary N) is 1. The summed E-state index contributed by atoms with van der Waals surface area (Å²) in [6, 6.07) is 9.52. The van der Waals surface area contributed by atoms with Gasteiger partial charge in [0, 0.05) is 19.0 Å². The molecule has 1 saturated heterocycles. The molecule has 2 atom stereocenters. The van der Waals surface area contributed by atoms with Crippen LogP contribution in [0.25, 0.3) is 0 Å². The molecule has 1 aromatic carbocycles. The largest absolute Gasteiger partial charge is 0.469 e. The maximum absolute atomic E-state index is 11.6. The van der Waals surface area contributed by atoms with Crippen LogP contribution in [-0.4, -0.2) is 26.2 Å². The normalized spacial score (nSPS) is 23.1. The van der Waals surface area contributed by atoms with E-state index in [9.17, 15) is 4.79 Å². The summed E-state index contributed by atoms with van der Waals surface area (Å²) in [5.74, 6) is -0.257. The van der Waals surface area contributed by atoms with Gasteiger partial charge in [0.1, 0.15) is 0 Å². The van der Waals surface area contributed by atoms with E-state index >= 15 is 0 Å². The summed E-state index contributed by atoms with van der Waals surface area (Å²) in [4.78, 5) is 11.6. The third kappa shape index (κ3) is 2.29. The van der Waals surface area contributed by atoms with Crippen LogP contribution in [-0.2, 0) is 9.53 Å². The lowest BCUT2D eigenvalue weighted by atomic mass is 9.88. The van der Waals surface area contributed by atoms with Gasteiger partial charge in [-0.3, -0.25) is 4.79 Å². The highest BCUT2D eigenvalue weighted by molar-refractivity contribution is 5.74. The molecule has 0 radical (unpaired) electrons. The van der Waals surface area contributed by atoms with Crippen molar-refractivity contribution >= 4 is 5.97 Å². The monoisotopic (exact) mass is 230 g/mol. The first-order chi connectivity index (χ1) is 8.26. The predicted molar refractivity (Wildman–Crippen MR) is 62.3 cm³/mol. The number of benzene rings is 1. The lowest BCUT2D eigenvalue weighted by Crippen LogP contribution is -2.22. The molecule has 0 aliphatic carbocycles. The number of methoxy groups -OCH3 is 1. The average Bonchev–Trinajstić information content (AvgIpc) is 2.87. The van der Waals surface area contributed by atoms with Crippen molar-refractivity contribution in [2.75, 3.05) is 20.2 Å². The highest BCUT2D eigenvalue weighted by Crippen LogP contribution is 2.29. The van der Waals surface area contributed by atoms with Crippen LogP contribution in [0.2, 0.25) is 0 Å². The molecule has 0 aromatic heterocycles. The fourth-order valence-electron chi connectivity index (χ4n) is 2.27. The van der Waals surface area contributed by atoms with E-state index < -0.39 is 0 Å². The van der Waals surface area contributed by atoms with Gasteiger partial charge in [0.15, 0.2) is 0 Å². The van der Waals surface area contributed by atoms with Crippen molar-refractivity contribution in [3.8, 4) is 6.07 Å². The highest BCUT2D eigenvalue weighted by Gasteiger charge is 2.34. The Bertz CT molecular complexity index is 465. The van der Waals surface area contributed by atoms with Gasteiger partial charge in [-0.25, -0.2) is 0 Å². The van der Waals surface area contributed by atoms with Crippen LogP contribution in [0, 0.1) is 17.2 Å². The molecule has 17 heavy (non-hydrogen) atoms. The molecular weight excluding hydrogens is 216 g/mol. The summed E-state index contributed by atoms with van der Waals surface area (Å²) in [6.07, 6.45) is 0. The van der Waals surface area contributed by atoms with Gasteiger partial charge >= 0.3 is 5.97 Å². The van der Waals surface area contributed by atoms with E-state index in [-0.39, 0.29) is 17.8 Å². The molecule has 1 heterocycles. The van der Waals surface area contributed by atoms with Gasteiger partial charge in [0.05, 0.1) is 24.7 Å². The van der Waals surface area contributed by atoms with E-state index in [1.807, 2.05) is 18.2 Å². The summed E-state index contributed by atoms with van der Waals surface area (Å²) in [5.41, 5.74) is 1.64. The van der Waals surface area contributed by atoms with Crippen molar-refractivity contribution in [3.05, 3.63) is 35.4 Å². The Kier molecular flexibility index (Phi) is 3.40. The van der Waals surface area contributed by atoms with Gasteiger partial charge in [-0.15, -0.1) is 0 Å². The Labute approximate surface area is 100 Å². The first-order valence-electron chi connectivity index (χ1n) is 5.55. The molecule has 0 unspecified atom stereocenters. The second kappa shape index (κ2) is 4.98. The summed E-state index contributed by atoms with van der Waals surface area (Å²) >= 11 is 0. The molecule has 1 fully saturated rings. The Hall–Kier alpha value is -1.86. The number of hydrogen-bond donors (Lipinski definition) is 1. The van der Waals surface area contributed by atoms with Crippen molar-refractivity contribution in [2.24, 2.45) is 5.92 Å².